The maximum absolute atomic E-state index is 5.28. The lowest BCUT2D eigenvalue weighted by molar-refractivity contribution is 0.323. The van der Waals surface area contributed by atoms with Gasteiger partial charge in [-0.2, -0.15) is 0 Å². The summed E-state index contributed by atoms with van der Waals surface area (Å²) in [6.45, 7) is 1.01. The molecule has 1 aromatic heterocycles. The van der Waals surface area contributed by atoms with Crippen LogP contribution >= 0.6 is 0 Å². The molecule has 4 heteroatoms. The highest BCUT2D eigenvalue weighted by Crippen LogP contribution is 2.15. The Morgan fingerprint density at radius 3 is 3.08 bits per heavy atom. The number of methoxy groups -OCH3 is 1. The molecular weight excluding hydrogens is 156 g/mol. The molecule has 1 aromatic rings. The molecular formula is C8H12N2O2. The highest BCUT2D eigenvalue weighted by atomic mass is 16.5. The topological polar surface area (TPSA) is 57.4 Å². The minimum atomic E-state index is 0.505. The van der Waals surface area contributed by atoms with Crippen molar-refractivity contribution in [2.24, 2.45) is 5.73 Å². The molecule has 12 heavy (non-hydrogen) atoms. The Kier molecular flexibility index (Phi) is 3.35. The minimum absolute atomic E-state index is 0.505. The first-order chi connectivity index (χ1) is 5.86. The molecule has 0 radical (unpaired) electrons. The van der Waals surface area contributed by atoms with E-state index in [4.69, 9.17) is 15.2 Å². The molecule has 0 bridgehead atoms. The van der Waals surface area contributed by atoms with Crippen LogP contribution < -0.4 is 15.2 Å². The van der Waals surface area contributed by atoms with Gasteiger partial charge in [0, 0.05) is 18.8 Å². The standard InChI is InChI=1S/C8H12N2O2/c1-11-8-6-7(2-4-10-8)12-5-3-9/h2,4,6H,3,5,9H2,1H3. The summed E-state index contributed by atoms with van der Waals surface area (Å²) in [6.07, 6.45) is 1.63. The molecule has 2 N–H and O–H groups in total. The van der Waals surface area contributed by atoms with Gasteiger partial charge in [0.05, 0.1) is 7.11 Å². The second-order valence-corrected chi connectivity index (χ2v) is 2.17. The molecule has 4 nitrogen and oxygen atoms in total. The number of nitrogens with two attached hydrogens (primary N) is 1. The smallest absolute Gasteiger partial charge is 0.216 e. The van der Waals surface area contributed by atoms with E-state index in [1.807, 2.05) is 0 Å². The van der Waals surface area contributed by atoms with Gasteiger partial charge < -0.3 is 15.2 Å². The Bertz CT molecular complexity index is 240. The van der Waals surface area contributed by atoms with E-state index in [0.29, 0.717) is 19.0 Å². The Hall–Kier alpha value is -1.29. The minimum Gasteiger partial charge on any atom is -0.492 e. The second kappa shape index (κ2) is 4.56. The third-order valence-electron chi connectivity index (χ3n) is 1.30. The molecule has 0 amide bonds. The number of pyridine rings is 1. The quantitative estimate of drug-likeness (QED) is 0.708. The van der Waals surface area contributed by atoms with Crippen LogP contribution in [0, 0.1) is 0 Å². The third kappa shape index (κ3) is 2.39. The molecule has 1 heterocycles. The lowest BCUT2D eigenvalue weighted by atomic mass is 10.4. The van der Waals surface area contributed by atoms with Crippen molar-refractivity contribution in [3.63, 3.8) is 0 Å². The first-order valence-electron chi connectivity index (χ1n) is 3.69. The average molecular weight is 168 g/mol. The van der Waals surface area contributed by atoms with Gasteiger partial charge in [0.1, 0.15) is 12.4 Å². The van der Waals surface area contributed by atoms with Gasteiger partial charge in [-0.25, -0.2) is 4.98 Å². The highest BCUT2D eigenvalue weighted by molar-refractivity contribution is 5.25. The summed E-state index contributed by atoms with van der Waals surface area (Å²) in [7, 11) is 1.56. The number of hydrogen-bond donors (Lipinski definition) is 1. The van der Waals surface area contributed by atoms with Crippen LogP contribution in [0.5, 0.6) is 11.6 Å². The van der Waals surface area contributed by atoms with Crippen molar-refractivity contribution in [2.75, 3.05) is 20.3 Å². The van der Waals surface area contributed by atoms with Crippen molar-refractivity contribution in [1.82, 2.24) is 4.98 Å². The van der Waals surface area contributed by atoms with Gasteiger partial charge in [0.15, 0.2) is 0 Å². The average Bonchev–Trinajstić information content (AvgIpc) is 2.15. The molecule has 0 unspecified atom stereocenters. The molecule has 0 saturated carbocycles. The van der Waals surface area contributed by atoms with E-state index in [-0.39, 0.29) is 0 Å². The monoisotopic (exact) mass is 168 g/mol. The highest BCUT2D eigenvalue weighted by Gasteiger charge is 1.95. The summed E-state index contributed by atoms with van der Waals surface area (Å²) >= 11 is 0. The first-order valence-corrected chi connectivity index (χ1v) is 3.69. The van der Waals surface area contributed by atoms with Gasteiger partial charge in [0.25, 0.3) is 0 Å². The molecule has 0 aliphatic carbocycles. The van der Waals surface area contributed by atoms with E-state index in [1.165, 1.54) is 0 Å². The molecule has 0 atom stereocenters. The van der Waals surface area contributed by atoms with Crippen LogP contribution in [0.25, 0.3) is 0 Å². The number of nitrogens with zero attached hydrogens (tertiary/aromatic N) is 1. The summed E-state index contributed by atoms with van der Waals surface area (Å²) in [4.78, 5) is 3.93. The van der Waals surface area contributed by atoms with E-state index >= 15 is 0 Å². The lowest BCUT2D eigenvalue weighted by Crippen LogP contribution is -2.10. The van der Waals surface area contributed by atoms with Gasteiger partial charge in [0.2, 0.25) is 5.88 Å². The molecule has 0 saturated heterocycles. The Balaban J connectivity index is 2.60. The summed E-state index contributed by atoms with van der Waals surface area (Å²) in [5.74, 6) is 1.27. The van der Waals surface area contributed by atoms with Crippen LogP contribution in [-0.2, 0) is 0 Å². The number of ether oxygens (including phenoxy) is 2. The van der Waals surface area contributed by atoms with Crippen LogP contribution in [0.4, 0.5) is 0 Å². The van der Waals surface area contributed by atoms with E-state index in [0.717, 1.165) is 5.75 Å². The third-order valence-corrected chi connectivity index (χ3v) is 1.30. The SMILES string of the molecule is COc1cc(OCCN)ccn1. The van der Waals surface area contributed by atoms with Crippen molar-refractivity contribution >= 4 is 0 Å². The van der Waals surface area contributed by atoms with Gasteiger partial charge in [-0.3, -0.25) is 0 Å². The van der Waals surface area contributed by atoms with Crippen LogP contribution in [0.1, 0.15) is 0 Å². The lowest BCUT2D eigenvalue weighted by Gasteiger charge is -2.04. The Labute approximate surface area is 71.3 Å². The van der Waals surface area contributed by atoms with Crippen molar-refractivity contribution in [3.8, 4) is 11.6 Å². The Morgan fingerprint density at radius 2 is 2.42 bits per heavy atom. The zero-order valence-corrected chi connectivity index (χ0v) is 6.99. The Morgan fingerprint density at radius 1 is 1.58 bits per heavy atom. The van der Waals surface area contributed by atoms with Crippen LogP contribution in [0.15, 0.2) is 18.3 Å². The van der Waals surface area contributed by atoms with E-state index in [2.05, 4.69) is 4.98 Å². The van der Waals surface area contributed by atoms with Gasteiger partial charge in [-0.05, 0) is 6.07 Å². The maximum atomic E-state index is 5.28. The molecule has 0 aliphatic rings. The van der Waals surface area contributed by atoms with Crippen molar-refractivity contribution < 1.29 is 9.47 Å². The normalized spacial score (nSPS) is 9.50. The summed E-state index contributed by atoms with van der Waals surface area (Å²) < 4.78 is 10.2. The predicted molar refractivity (Wildman–Crippen MR) is 45.3 cm³/mol. The molecule has 0 aliphatic heterocycles. The zero-order valence-electron chi connectivity index (χ0n) is 6.99. The molecule has 0 fully saturated rings. The zero-order chi connectivity index (χ0) is 8.81. The number of rotatable bonds is 4. The molecule has 0 spiro atoms. The van der Waals surface area contributed by atoms with E-state index in [9.17, 15) is 0 Å². The van der Waals surface area contributed by atoms with Crippen LogP contribution in [0.3, 0.4) is 0 Å². The van der Waals surface area contributed by atoms with Crippen molar-refractivity contribution in [3.05, 3.63) is 18.3 Å². The molecule has 66 valence electrons. The van der Waals surface area contributed by atoms with Gasteiger partial charge >= 0.3 is 0 Å². The fourth-order valence-electron chi connectivity index (χ4n) is 0.769. The fourth-order valence-corrected chi connectivity index (χ4v) is 0.769. The summed E-state index contributed by atoms with van der Waals surface area (Å²) in [5.41, 5.74) is 5.28. The molecule has 0 aromatic carbocycles. The van der Waals surface area contributed by atoms with Crippen molar-refractivity contribution in [1.29, 1.82) is 0 Å². The fraction of sp³-hybridized carbons (Fsp3) is 0.375. The number of aromatic nitrogens is 1. The predicted octanol–water partition coefficient (Wildman–Crippen LogP) is 0.428. The maximum Gasteiger partial charge on any atom is 0.216 e. The van der Waals surface area contributed by atoms with Crippen LogP contribution in [-0.4, -0.2) is 25.2 Å². The van der Waals surface area contributed by atoms with E-state index in [1.54, 1.807) is 25.4 Å². The molecule has 1 rings (SSSR count). The van der Waals surface area contributed by atoms with Gasteiger partial charge in [-0.1, -0.05) is 0 Å². The largest absolute Gasteiger partial charge is 0.492 e. The first kappa shape index (κ1) is 8.80. The summed E-state index contributed by atoms with van der Waals surface area (Å²) in [5, 5.41) is 0. The number of hydrogen-bond acceptors (Lipinski definition) is 4. The van der Waals surface area contributed by atoms with Crippen LogP contribution in [0.2, 0.25) is 0 Å². The van der Waals surface area contributed by atoms with E-state index < -0.39 is 0 Å². The summed E-state index contributed by atoms with van der Waals surface area (Å²) in [6, 6.07) is 3.48. The van der Waals surface area contributed by atoms with Gasteiger partial charge in [-0.15, -0.1) is 0 Å². The second-order valence-electron chi connectivity index (χ2n) is 2.17. The van der Waals surface area contributed by atoms with Crippen molar-refractivity contribution in [2.45, 2.75) is 0 Å².